The van der Waals surface area contributed by atoms with E-state index in [0.29, 0.717) is 11.4 Å². The number of anilines is 2. The van der Waals surface area contributed by atoms with E-state index in [4.69, 9.17) is 0 Å². The Morgan fingerprint density at radius 2 is 1.80 bits per heavy atom. The maximum absolute atomic E-state index is 13.1. The topological polar surface area (TPSA) is 80.1 Å². The number of alkyl halides is 3. The number of carbonyl (C=O) groups excluding carboxylic acids is 2. The molecule has 0 saturated carbocycles. The van der Waals surface area contributed by atoms with E-state index in [2.05, 4.69) is 15.4 Å². The normalized spacial score (nSPS) is 16.3. The first kappa shape index (κ1) is 19.6. The van der Waals surface area contributed by atoms with Gasteiger partial charge in [0.05, 0.1) is 23.4 Å². The van der Waals surface area contributed by atoms with Gasteiger partial charge < -0.3 is 10.2 Å². The number of benzene rings is 1. The molecule has 3 heterocycles. The number of aromatic nitrogens is 3. The molecule has 0 spiro atoms. The fourth-order valence-corrected chi connectivity index (χ4v) is 3.31. The molecule has 0 fully saturated rings. The molecule has 1 N–H and O–H groups in total. The van der Waals surface area contributed by atoms with Gasteiger partial charge in [-0.25, -0.2) is 0 Å². The third-order valence-electron chi connectivity index (χ3n) is 4.80. The number of pyridine rings is 1. The summed E-state index contributed by atoms with van der Waals surface area (Å²) in [5, 5.41) is 6.85. The standard InChI is InChI=1S/C20H16F3N5O2/c1-12-11-27(15-4-2-13(3-5-15)20(21,22)23)19(30)17-16(10-25-28(12)17)18(29)26-14-6-8-24-9-7-14/h2-10,12H,11H2,1H3,(H,24,26,29)/t12-/m0/s1. The van der Waals surface area contributed by atoms with Crippen molar-refractivity contribution in [1.82, 2.24) is 14.8 Å². The van der Waals surface area contributed by atoms with Gasteiger partial charge in [-0.2, -0.15) is 18.3 Å². The molecule has 2 amide bonds. The van der Waals surface area contributed by atoms with Gasteiger partial charge in [-0.1, -0.05) is 0 Å². The second-order valence-electron chi connectivity index (χ2n) is 6.85. The molecule has 3 aromatic rings. The van der Waals surface area contributed by atoms with Crippen LogP contribution in [-0.4, -0.2) is 33.1 Å². The van der Waals surface area contributed by atoms with Crippen LogP contribution in [0.25, 0.3) is 0 Å². The van der Waals surface area contributed by atoms with Crippen molar-refractivity contribution in [2.24, 2.45) is 0 Å². The van der Waals surface area contributed by atoms with Crippen LogP contribution in [0, 0.1) is 0 Å². The van der Waals surface area contributed by atoms with Gasteiger partial charge >= 0.3 is 6.18 Å². The fraction of sp³-hybridized carbons (Fsp3) is 0.200. The van der Waals surface area contributed by atoms with E-state index in [9.17, 15) is 22.8 Å². The SMILES string of the molecule is C[C@H]1CN(c2ccc(C(F)(F)F)cc2)C(=O)c2c(C(=O)Nc3ccncc3)cnn21. The molecule has 0 saturated heterocycles. The molecule has 0 bridgehead atoms. The number of rotatable bonds is 3. The summed E-state index contributed by atoms with van der Waals surface area (Å²) in [6.45, 7) is 2.02. The minimum Gasteiger partial charge on any atom is -0.322 e. The molecule has 10 heteroatoms. The van der Waals surface area contributed by atoms with Gasteiger partial charge in [-0.05, 0) is 43.3 Å². The molecule has 1 aromatic carbocycles. The summed E-state index contributed by atoms with van der Waals surface area (Å²) < 4.78 is 40.0. The first-order chi connectivity index (χ1) is 14.3. The predicted octanol–water partition coefficient (Wildman–Crippen LogP) is 3.77. The Bertz CT molecular complexity index is 1090. The summed E-state index contributed by atoms with van der Waals surface area (Å²) in [4.78, 5) is 31.1. The van der Waals surface area contributed by atoms with Crippen LogP contribution in [0.2, 0.25) is 0 Å². The number of amides is 2. The molecule has 7 nitrogen and oxygen atoms in total. The molecule has 4 rings (SSSR count). The Labute approximate surface area is 169 Å². The van der Waals surface area contributed by atoms with Crippen molar-refractivity contribution in [1.29, 1.82) is 0 Å². The Kier molecular flexibility index (Phi) is 4.76. The molecule has 1 atom stereocenters. The van der Waals surface area contributed by atoms with Gasteiger partial charge in [-0.3, -0.25) is 19.3 Å². The maximum atomic E-state index is 13.1. The number of carbonyl (C=O) groups is 2. The molecule has 2 aromatic heterocycles. The minimum atomic E-state index is -4.46. The van der Waals surface area contributed by atoms with Gasteiger partial charge in [-0.15, -0.1) is 0 Å². The Morgan fingerprint density at radius 1 is 1.13 bits per heavy atom. The highest BCUT2D eigenvalue weighted by molar-refractivity contribution is 6.15. The van der Waals surface area contributed by atoms with E-state index in [0.717, 1.165) is 12.1 Å². The molecule has 0 radical (unpaired) electrons. The van der Waals surface area contributed by atoms with Crippen molar-refractivity contribution in [3.05, 3.63) is 71.8 Å². The average molecular weight is 415 g/mol. The second-order valence-corrected chi connectivity index (χ2v) is 6.85. The molecule has 30 heavy (non-hydrogen) atoms. The zero-order chi connectivity index (χ0) is 21.5. The van der Waals surface area contributed by atoms with Gasteiger partial charge in [0.25, 0.3) is 11.8 Å². The van der Waals surface area contributed by atoms with E-state index in [1.54, 1.807) is 12.1 Å². The number of nitrogens with zero attached hydrogens (tertiary/aromatic N) is 4. The van der Waals surface area contributed by atoms with Crippen LogP contribution in [0.4, 0.5) is 24.5 Å². The van der Waals surface area contributed by atoms with Crippen molar-refractivity contribution >= 4 is 23.2 Å². The summed E-state index contributed by atoms with van der Waals surface area (Å²) in [5.41, 5.74) is 0.185. The Morgan fingerprint density at radius 3 is 2.43 bits per heavy atom. The van der Waals surface area contributed by atoms with Crippen molar-refractivity contribution in [3.63, 3.8) is 0 Å². The maximum Gasteiger partial charge on any atom is 0.416 e. The lowest BCUT2D eigenvalue weighted by atomic mass is 10.1. The summed E-state index contributed by atoms with van der Waals surface area (Å²) in [5.74, 6) is -1.03. The predicted molar refractivity (Wildman–Crippen MR) is 102 cm³/mol. The molecular formula is C20H16F3N5O2. The molecular weight excluding hydrogens is 399 g/mol. The summed E-state index contributed by atoms with van der Waals surface area (Å²) >= 11 is 0. The minimum absolute atomic E-state index is 0.0835. The van der Waals surface area contributed by atoms with Crippen LogP contribution in [0.5, 0.6) is 0 Å². The average Bonchev–Trinajstić information content (AvgIpc) is 3.17. The Balaban J connectivity index is 1.65. The number of hydrogen-bond acceptors (Lipinski definition) is 4. The Hall–Kier alpha value is -3.69. The van der Waals surface area contributed by atoms with Gasteiger partial charge in [0.2, 0.25) is 0 Å². The van der Waals surface area contributed by atoms with Crippen molar-refractivity contribution in [3.8, 4) is 0 Å². The summed E-state index contributed by atoms with van der Waals surface area (Å²) in [6, 6.07) is 7.28. The first-order valence-electron chi connectivity index (χ1n) is 9.03. The third-order valence-corrected chi connectivity index (χ3v) is 4.80. The lowest BCUT2D eigenvalue weighted by molar-refractivity contribution is -0.137. The lowest BCUT2D eigenvalue weighted by Gasteiger charge is -2.32. The van der Waals surface area contributed by atoms with E-state index < -0.39 is 23.6 Å². The zero-order valence-corrected chi connectivity index (χ0v) is 15.7. The van der Waals surface area contributed by atoms with Crippen molar-refractivity contribution in [2.45, 2.75) is 19.1 Å². The molecule has 0 unspecified atom stereocenters. The third kappa shape index (κ3) is 3.51. The van der Waals surface area contributed by atoms with Crippen LogP contribution in [0.15, 0.2) is 55.0 Å². The highest BCUT2D eigenvalue weighted by Crippen LogP contribution is 2.32. The lowest BCUT2D eigenvalue weighted by Crippen LogP contribution is -2.43. The van der Waals surface area contributed by atoms with Crippen LogP contribution in [-0.2, 0) is 6.18 Å². The van der Waals surface area contributed by atoms with Crippen LogP contribution in [0.1, 0.15) is 39.4 Å². The number of halogens is 3. The smallest absolute Gasteiger partial charge is 0.322 e. The molecule has 1 aliphatic heterocycles. The summed E-state index contributed by atoms with van der Waals surface area (Å²) in [7, 11) is 0. The van der Waals surface area contributed by atoms with Gasteiger partial charge in [0, 0.05) is 30.3 Å². The van der Waals surface area contributed by atoms with E-state index in [1.165, 1.54) is 40.3 Å². The number of nitrogens with one attached hydrogen (secondary N) is 1. The van der Waals surface area contributed by atoms with Crippen LogP contribution >= 0.6 is 0 Å². The van der Waals surface area contributed by atoms with Gasteiger partial charge in [0.15, 0.2) is 0 Å². The number of fused-ring (bicyclic) bond motifs is 1. The number of hydrogen-bond donors (Lipinski definition) is 1. The second kappa shape index (κ2) is 7.29. The zero-order valence-electron chi connectivity index (χ0n) is 15.7. The van der Waals surface area contributed by atoms with Crippen molar-refractivity contribution in [2.75, 3.05) is 16.8 Å². The molecule has 154 valence electrons. The molecule has 0 aliphatic carbocycles. The first-order valence-corrected chi connectivity index (χ1v) is 9.03. The molecule has 1 aliphatic rings. The fourth-order valence-electron chi connectivity index (χ4n) is 3.31. The van der Waals surface area contributed by atoms with E-state index >= 15 is 0 Å². The monoisotopic (exact) mass is 415 g/mol. The van der Waals surface area contributed by atoms with Crippen molar-refractivity contribution < 1.29 is 22.8 Å². The van der Waals surface area contributed by atoms with Crippen LogP contribution < -0.4 is 10.2 Å². The summed E-state index contributed by atoms with van der Waals surface area (Å²) in [6.07, 6.45) is -0.115. The highest BCUT2D eigenvalue weighted by atomic mass is 19.4. The van der Waals surface area contributed by atoms with E-state index in [-0.39, 0.29) is 23.8 Å². The highest BCUT2D eigenvalue weighted by Gasteiger charge is 2.36. The van der Waals surface area contributed by atoms with Gasteiger partial charge in [0.1, 0.15) is 5.69 Å². The van der Waals surface area contributed by atoms with Crippen LogP contribution in [0.3, 0.4) is 0 Å². The van der Waals surface area contributed by atoms with E-state index in [1.807, 2.05) is 6.92 Å². The largest absolute Gasteiger partial charge is 0.416 e. The quantitative estimate of drug-likeness (QED) is 0.706.